The quantitative estimate of drug-likeness (QED) is 0.911. The second kappa shape index (κ2) is 6.19. The molecule has 1 aliphatic heterocycles. The Bertz CT molecular complexity index is 733. The topological polar surface area (TPSA) is 65.6 Å². The van der Waals surface area contributed by atoms with Gasteiger partial charge >= 0.3 is 6.09 Å². The van der Waals surface area contributed by atoms with Crippen LogP contribution in [-0.2, 0) is 11.3 Å². The van der Waals surface area contributed by atoms with E-state index in [4.69, 9.17) is 4.74 Å². The number of hydrogen-bond acceptors (Lipinski definition) is 4. The van der Waals surface area contributed by atoms with E-state index in [2.05, 4.69) is 9.88 Å². The van der Waals surface area contributed by atoms with E-state index in [-0.39, 0.29) is 11.7 Å². The lowest BCUT2D eigenvalue weighted by atomic mass is 10.1. The second-order valence-corrected chi connectivity index (χ2v) is 5.44. The van der Waals surface area contributed by atoms with Gasteiger partial charge in [-0.3, -0.25) is 9.69 Å². The predicted molar refractivity (Wildman–Crippen MR) is 83.8 cm³/mol. The number of H-pyrrole nitrogens is 1. The van der Waals surface area contributed by atoms with Crippen molar-refractivity contribution >= 4 is 17.0 Å². The van der Waals surface area contributed by atoms with E-state index in [1.54, 1.807) is 4.90 Å². The van der Waals surface area contributed by atoms with E-state index in [1.807, 2.05) is 30.3 Å². The zero-order chi connectivity index (χ0) is 15.5. The number of aromatic amines is 1. The summed E-state index contributed by atoms with van der Waals surface area (Å²) in [6.45, 7) is 3.31. The number of para-hydroxylation sites is 1. The number of hydrogen-bond donors (Lipinski definition) is 1. The molecule has 1 aliphatic rings. The van der Waals surface area contributed by atoms with Crippen molar-refractivity contribution < 1.29 is 9.53 Å². The van der Waals surface area contributed by atoms with E-state index in [0.29, 0.717) is 19.6 Å². The smallest absolute Gasteiger partial charge is 0.409 e. The Morgan fingerprint density at radius 3 is 2.68 bits per heavy atom. The van der Waals surface area contributed by atoms with Gasteiger partial charge in [0.15, 0.2) is 0 Å². The van der Waals surface area contributed by atoms with Crippen molar-refractivity contribution in [3.63, 3.8) is 0 Å². The third kappa shape index (κ3) is 2.96. The summed E-state index contributed by atoms with van der Waals surface area (Å²) in [5.41, 5.74) is 1.56. The molecule has 0 saturated carbocycles. The van der Waals surface area contributed by atoms with Crippen molar-refractivity contribution in [2.75, 3.05) is 33.3 Å². The van der Waals surface area contributed by atoms with Crippen molar-refractivity contribution in [1.29, 1.82) is 0 Å². The first-order chi connectivity index (χ1) is 10.7. The van der Waals surface area contributed by atoms with E-state index >= 15 is 0 Å². The average molecular weight is 301 g/mol. The Morgan fingerprint density at radius 1 is 1.23 bits per heavy atom. The molecule has 0 aliphatic carbocycles. The molecule has 3 rings (SSSR count). The van der Waals surface area contributed by atoms with Crippen LogP contribution in [0, 0.1) is 0 Å². The Labute approximate surface area is 128 Å². The summed E-state index contributed by atoms with van der Waals surface area (Å²) < 4.78 is 4.72. The Kier molecular flexibility index (Phi) is 4.11. The first-order valence-corrected chi connectivity index (χ1v) is 7.33. The molecule has 1 aromatic carbocycles. The standard InChI is InChI=1S/C16H19N3O3/c1-22-16(21)19-8-6-18(7-9-19)11-13-10-12-4-2-3-5-14(12)17-15(13)20/h2-5,10H,6-9,11H2,1H3,(H,17,20). The average Bonchev–Trinajstić information content (AvgIpc) is 2.55. The first-order valence-electron chi connectivity index (χ1n) is 7.33. The number of amides is 1. The van der Waals surface area contributed by atoms with Crippen molar-refractivity contribution in [2.45, 2.75) is 6.54 Å². The molecular formula is C16H19N3O3. The molecule has 0 spiro atoms. The minimum atomic E-state index is -0.289. The lowest BCUT2D eigenvalue weighted by Gasteiger charge is -2.33. The van der Waals surface area contributed by atoms with Crippen LogP contribution in [0.15, 0.2) is 35.1 Å². The van der Waals surface area contributed by atoms with Crippen LogP contribution in [0.3, 0.4) is 0 Å². The van der Waals surface area contributed by atoms with E-state index in [1.165, 1.54) is 7.11 Å². The molecule has 1 amide bonds. The zero-order valence-corrected chi connectivity index (χ0v) is 12.5. The normalized spacial score (nSPS) is 16.0. The fourth-order valence-corrected chi connectivity index (χ4v) is 2.77. The van der Waals surface area contributed by atoms with Crippen LogP contribution in [-0.4, -0.2) is 54.2 Å². The number of nitrogens with one attached hydrogen (secondary N) is 1. The first kappa shape index (κ1) is 14.6. The van der Waals surface area contributed by atoms with Gasteiger partial charge in [-0.25, -0.2) is 4.79 Å². The Balaban J connectivity index is 1.71. The summed E-state index contributed by atoms with van der Waals surface area (Å²) in [4.78, 5) is 30.4. The largest absolute Gasteiger partial charge is 0.453 e. The Hall–Kier alpha value is -2.34. The van der Waals surface area contributed by atoms with Gasteiger partial charge in [-0.2, -0.15) is 0 Å². The van der Waals surface area contributed by atoms with Crippen LogP contribution in [0.1, 0.15) is 5.56 Å². The number of carbonyl (C=O) groups is 1. The molecule has 0 bridgehead atoms. The molecule has 1 saturated heterocycles. The van der Waals surface area contributed by atoms with Crippen molar-refractivity contribution in [2.24, 2.45) is 0 Å². The second-order valence-electron chi connectivity index (χ2n) is 5.44. The number of aromatic nitrogens is 1. The number of nitrogens with zero attached hydrogens (tertiary/aromatic N) is 2. The Morgan fingerprint density at radius 2 is 1.95 bits per heavy atom. The highest BCUT2D eigenvalue weighted by atomic mass is 16.5. The molecule has 1 fully saturated rings. The number of pyridine rings is 1. The zero-order valence-electron chi connectivity index (χ0n) is 12.5. The van der Waals surface area contributed by atoms with Crippen LogP contribution < -0.4 is 5.56 Å². The molecule has 0 atom stereocenters. The number of methoxy groups -OCH3 is 1. The summed E-state index contributed by atoms with van der Waals surface area (Å²) in [6, 6.07) is 9.70. The van der Waals surface area contributed by atoms with Crippen LogP contribution >= 0.6 is 0 Å². The fourth-order valence-electron chi connectivity index (χ4n) is 2.77. The maximum atomic E-state index is 12.2. The summed E-state index contributed by atoms with van der Waals surface area (Å²) in [5.74, 6) is 0. The molecule has 2 heterocycles. The maximum Gasteiger partial charge on any atom is 0.409 e. The fraction of sp³-hybridized carbons (Fsp3) is 0.375. The monoisotopic (exact) mass is 301 g/mol. The van der Waals surface area contributed by atoms with Crippen LogP contribution in [0.2, 0.25) is 0 Å². The number of piperazine rings is 1. The molecule has 1 N–H and O–H groups in total. The predicted octanol–water partition coefficient (Wildman–Crippen LogP) is 1.41. The third-order valence-corrected chi connectivity index (χ3v) is 4.03. The van der Waals surface area contributed by atoms with Gasteiger partial charge in [0.05, 0.1) is 7.11 Å². The molecule has 6 heteroatoms. The summed E-state index contributed by atoms with van der Waals surface area (Å²) >= 11 is 0. The van der Waals surface area contributed by atoms with Gasteiger partial charge in [-0.1, -0.05) is 18.2 Å². The third-order valence-electron chi connectivity index (χ3n) is 4.03. The molecule has 22 heavy (non-hydrogen) atoms. The summed E-state index contributed by atoms with van der Waals surface area (Å²) in [6.07, 6.45) is -0.289. The SMILES string of the molecule is COC(=O)N1CCN(Cc2cc3ccccc3[nH]c2=O)CC1. The molecule has 1 aromatic heterocycles. The molecule has 116 valence electrons. The molecule has 6 nitrogen and oxygen atoms in total. The minimum absolute atomic E-state index is 0.0471. The lowest BCUT2D eigenvalue weighted by Crippen LogP contribution is -2.48. The molecule has 0 radical (unpaired) electrons. The number of carbonyl (C=O) groups excluding carboxylic acids is 1. The van der Waals surface area contributed by atoms with E-state index in [0.717, 1.165) is 29.6 Å². The van der Waals surface area contributed by atoms with E-state index < -0.39 is 0 Å². The maximum absolute atomic E-state index is 12.2. The highest BCUT2D eigenvalue weighted by Gasteiger charge is 2.21. The molecule has 2 aromatic rings. The summed E-state index contributed by atoms with van der Waals surface area (Å²) in [7, 11) is 1.39. The summed E-state index contributed by atoms with van der Waals surface area (Å²) in [5, 5.41) is 1.03. The van der Waals surface area contributed by atoms with Gasteiger partial charge in [0.2, 0.25) is 0 Å². The van der Waals surface area contributed by atoms with Gasteiger partial charge < -0.3 is 14.6 Å². The van der Waals surface area contributed by atoms with Crippen molar-refractivity contribution in [3.05, 3.63) is 46.2 Å². The lowest BCUT2D eigenvalue weighted by molar-refractivity contribution is 0.0888. The van der Waals surface area contributed by atoms with E-state index in [9.17, 15) is 9.59 Å². The molecule has 0 unspecified atom stereocenters. The van der Waals surface area contributed by atoms with Gasteiger partial charge in [-0.15, -0.1) is 0 Å². The number of ether oxygens (including phenoxy) is 1. The van der Waals surface area contributed by atoms with Crippen molar-refractivity contribution in [3.8, 4) is 0 Å². The minimum Gasteiger partial charge on any atom is -0.453 e. The highest BCUT2D eigenvalue weighted by molar-refractivity contribution is 5.78. The molecular weight excluding hydrogens is 282 g/mol. The highest BCUT2D eigenvalue weighted by Crippen LogP contribution is 2.12. The van der Waals surface area contributed by atoms with Crippen LogP contribution in [0.5, 0.6) is 0 Å². The van der Waals surface area contributed by atoms with Crippen LogP contribution in [0.25, 0.3) is 10.9 Å². The van der Waals surface area contributed by atoms with Gasteiger partial charge in [0, 0.05) is 43.8 Å². The number of benzene rings is 1. The van der Waals surface area contributed by atoms with Gasteiger partial charge in [0.25, 0.3) is 5.56 Å². The number of rotatable bonds is 2. The van der Waals surface area contributed by atoms with Crippen molar-refractivity contribution in [1.82, 2.24) is 14.8 Å². The van der Waals surface area contributed by atoms with Gasteiger partial charge in [0.1, 0.15) is 0 Å². The number of fused-ring (bicyclic) bond motifs is 1. The van der Waals surface area contributed by atoms with Gasteiger partial charge in [-0.05, 0) is 17.5 Å². The van der Waals surface area contributed by atoms with Crippen LogP contribution in [0.4, 0.5) is 4.79 Å².